The Morgan fingerprint density at radius 3 is 2.73 bits per heavy atom. The van der Waals surface area contributed by atoms with E-state index in [1.54, 1.807) is 5.38 Å². The Morgan fingerprint density at radius 1 is 1.82 bits per heavy atom. The summed E-state index contributed by atoms with van der Waals surface area (Å²) in [6, 6.07) is 0. The van der Waals surface area contributed by atoms with Crippen LogP contribution in [0.15, 0.2) is 5.38 Å². The van der Waals surface area contributed by atoms with Gasteiger partial charge in [0.1, 0.15) is 0 Å². The first-order chi connectivity index (χ1) is 5.16. The van der Waals surface area contributed by atoms with Gasteiger partial charge in [-0.05, 0) is 6.42 Å². The fraction of sp³-hybridized carbons (Fsp3) is 0.286. The highest BCUT2D eigenvalue weighted by Crippen LogP contribution is 2.25. The molecule has 0 atom stereocenters. The molecule has 1 rings (SSSR count). The molecule has 1 heterocycles. The maximum absolute atomic E-state index is 10.5. The molecule has 0 unspecified atom stereocenters. The van der Waals surface area contributed by atoms with Crippen LogP contribution in [0.4, 0.5) is 5.69 Å². The van der Waals surface area contributed by atoms with E-state index in [-0.39, 0.29) is 5.56 Å². The Labute approximate surface area is 68.5 Å². The zero-order valence-corrected chi connectivity index (χ0v) is 6.94. The maximum Gasteiger partial charge on any atom is 0.338 e. The van der Waals surface area contributed by atoms with Gasteiger partial charge in [-0.25, -0.2) is 4.79 Å². The van der Waals surface area contributed by atoms with Crippen LogP contribution in [0.2, 0.25) is 0 Å². The van der Waals surface area contributed by atoms with Crippen LogP contribution in [0.5, 0.6) is 0 Å². The molecule has 0 aliphatic heterocycles. The third-order valence-electron chi connectivity index (χ3n) is 1.46. The van der Waals surface area contributed by atoms with Crippen LogP contribution in [-0.2, 0) is 6.42 Å². The molecule has 1 aromatic rings. The average molecular weight is 171 g/mol. The first kappa shape index (κ1) is 8.07. The summed E-state index contributed by atoms with van der Waals surface area (Å²) in [7, 11) is 0. The minimum Gasteiger partial charge on any atom is -0.478 e. The summed E-state index contributed by atoms with van der Waals surface area (Å²) in [5, 5.41) is 10.2. The Morgan fingerprint density at radius 2 is 2.45 bits per heavy atom. The minimum absolute atomic E-state index is 0.229. The SMILES string of the molecule is CCc1scc(C(=O)O)c1N. The lowest BCUT2D eigenvalue weighted by Gasteiger charge is -1.93. The quantitative estimate of drug-likeness (QED) is 0.710. The number of rotatable bonds is 2. The van der Waals surface area contributed by atoms with E-state index >= 15 is 0 Å². The van der Waals surface area contributed by atoms with Crippen molar-refractivity contribution >= 4 is 23.0 Å². The maximum atomic E-state index is 10.5. The van der Waals surface area contributed by atoms with Crippen molar-refractivity contribution in [1.29, 1.82) is 0 Å². The average Bonchev–Trinajstić information content (AvgIpc) is 2.30. The van der Waals surface area contributed by atoms with Crippen molar-refractivity contribution in [2.45, 2.75) is 13.3 Å². The summed E-state index contributed by atoms with van der Waals surface area (Å²) >= 11 is 1.40. The zero-order chi connectivity index (χ0) is 8.43. The molecule has 1 aromatic heterocycles. The first-order valence-corrected chi connectivity index (χ1v) is 4.14. The van der Waals surface area contributed by atoms with Gasteiger partial charge in [0.2, 0.25) is 0 Å². The van der Waals surface area contributed by atoms with E-state index in [9.17, 15) is 4.79 Å². The van der Waals surface area contributed by atoms with Gasteiger partial charge in [-0.15, -0.1) is 11.3 Å². The summed E-state index contributed by atoms with van der Waals surface area (Å²) in [5.74, 6) is -0.946. The van der Waals surface area contributed by atoms with Crippen LogP contribution in [0.25, 0.3) is 0 Å². The van der Waals surface area contributed by atoms with E-state index in [4.69, 9.17) is 10.8 Å². The van der Waals surface area contributed by atoms with Crippen molar-refractivity contribution in [3.8, 4) is 0 Å². The summed E-state index contributed by atoms with van der Waals surface area (Å²) in [5.41, 5.74) is 6.19. The van der Waals surface area contributed by atoms with E-state index in [1.807, 2.05) is 6.92 Å². The van der Waals surface area contributed by atoms with E-state index in [2.05, 4.69) is 0 Å². The number of aromatic carboxylic acids is 1. The molecule has 4 heteroatoms. The normalized spacial score (nSPS) is 9.91. The zero-order valence-electron chi connectivity index (χ0n) is 6.13. The van der Waals surface area contributed by atoms with Crippen LogP contribution in [-0.4, -0.2) is 11.1 Å². The number of hydrogen-bond donors (Lipinski definition) is 2. The van der Waals surface area contributed by atoms with Crippen molar-refractivity contribution in [1.82, 2.24) is 0 Å². The number of nitrogens with two attached hydrogens (primary N) is 1. The number of nitrogen functional groups attached to an aromatic ring is 1. The minimum atomic E-state index is -0.946. The summed E-state index contributed by atoms with van der Waals surface area (Å²) in [4.78, 5) is 11.4. The topological polar surface area (TPSA) is 63.3 Å². The molecule has 3 nitrogen and oxygen atoms in total. The number of carboxylic acids is 1. The molecule has 0 amide bonds. The number of hydrogen-bond acceptors (Lipinski definition) is 3. The highest BCUT2D eigenvalue weighted by molar-refractivity contribution is 7.10. The predicted molar refractivity (Wildman–Crippen MR) is 45.1 cm³/mol. The van der Waals surface area contributed by atoms with Gasteiger partial charge in [-0.3, -0.25) is 0 Å². The lowest BCUT2D eigenvalue weighted by Crippen LogP contribution is -1.99. The molecule has 3 N–H and O–H groups in total. The van der Waals surface area contributed by atoms with Gasteiger partial charge in [0.15, 0.2) is 0 Å². The Kier molecular flexibility index (Phi) is 2.14. The fourth-order valence-corrected chi connectivity index (χ4v) is 1.74. The monoisotopic (exact) mass is 171 g/mol. The van der Waals surface area contributed by atoms with Crippen LogP contribution in [0.3, 0.4) is 0 Å². The second kappa shape index (κ2) is 2.92. The molecule has 11 heavy (non-hydrogen) atoms. The number of aryl methyl sites for hydroxylation is 1. The van der Waals surface area contributed by atoms with Crippen molar-refractivity contribution in [2.24, 2.45) is 0 Å². The number of anilines is 1. The molecule has 0 bridgehead atoms. The van der Waals surface area contributed by atoms with Crippen LogP contribution in [0.1, 0.15) is 22.2 Å². The van der Waals surface area contributed by atoms with Crippen molar-refractivity contribution in [2.75, 3.05) is 5.73 Å². The molecule has 0 fully saturated rings. The molecule has 0 radical (unpaired) electrons. The Hall–Kier alpha value is -1.03. The summed E-state index contributed by atoms with van der Waals surface area (Å²) < 4.78 is 0. The van der Waals surface area contributed by atoms with Crippen LogP contribution >= 0.6 is 11.3 Å². The second-order valence-electron chi connectivity index (χ2n) is 2.14. The van der Waals surface area contributed by atoms with Gasteiger partial charge in [-0.2, -0.15) is 0 Å². The van der Waals surface area contributed by atoms with Gasteiger partial charge in [0.05, 0.1) is 11.3 Å². The van der Waals surface area contributed by atoms with Gasteiger partial charge in [-0.1, -0.05) is 6.92 Å². The number of carboxylic acid groups (broad SMARTS) is 1. The van der Waals surface area contributed by atoms with Crippen LogP contribution < -0.4 is 5.73 Å². The van der Waals surface area contributed by atoms with E-state index in [0.717, 1.165) is 11.3 Å². The van der Waals surface area contributed by atoms with Crippen molar-refractivity contribution < 1.29 is 9.90 Å². The highest BCUT2D eigenvalue weighted by atomic mass is 32.1. The molecule has 0 aliphatic rings. The van der Waals surface area contributed by atoms with Gasteiger partial charge < -0.3 is 10.8 Å². The smallest absolute Gasteiger partial charge is 0.338 e. The van der Waals surface area contributed by atoms with E-state index in [1.165, 1.54) is 11.3 Å². The Balaban J connectivity index is 3.10. The molecule has 0 saturated heterocycles. The lowest BCUT2D eigenvalue weighted by molar-refractivity contribution is 0.0698. The molecule has 0 spiro atoms. The lowest BCUT2D eigenvalue weighted by atomic mass is 10.2. The first-order valence-electron chi connectivity index (χ1n) is 3.26. The van der Waals surface area contributed by atoms with Gasteiger partial charge in [0.25, 0.3) is 0 Å². The van der Waals surface area contributed by atoms with Crippen molar-refractivity contribution in [3.05, 3.63) is 15.8 Å². The standard InChI is InChI=1S/C7H9NO2S/c1-2-5-6(8)4(3-11-5)7(9)10/h3H,2,8H2,1H3,(H,9,10). The number of thiophene rings is 1. The largest absolute Gasteiger partial charge is 0.478 e. The summed E-state index contributed by atoms with van der Waals surface area (Å²) in [6.07, 6.45) is 0.795. The molecule has 60 valence electrons. The predicted octanol–water partition coefficient (Wildman–Crippen LogP) is 1.59. The molecule has 0 aromatic carbocycles. The third-order valence-corrected chi connectivity index (χ3v) is 2.61. The van der Waals surface area contributed by atoms with E-state index < -0.39 is 5.97 Å². The second-order valence-corrected chi connectivity index (χ2v) is 3.11. The molecule has 0 aliphatic carbocycles. The van der Waals surface area contributed by atoms with E-state index in [0.29, 0.717) is 5.69 Å². The molecule has 0 saturated carbocycles. The van der Waals surface area contributed by atoms with Crippen molar-refractivity contribution in [3.63, 3.8) is 0 Å². The highest BCUT2D eigenvalue weighted by Gasteiger charge is 2.12. The summed E-state index contributed by atoms with van der Waals surface area (Å²) in [6.45, 7) is 1.95. The van der Waals surface area contributed by atoms with Crippen LogP contribution in [0, 0.1) is 0 Å². The molecular weight excluding hydrogens is 162 g/mol. The van der Waals surface area contributed by atoms with Gasteiger partial charge >= 0.3 is 5.97 Å². The third kappa shape index (κ3) is 1.35. The fourth-order valence-electron chi connectivity index (χ4n) is 0.847. The van der Waals surface area contributed by atoms with Gasteiger partial charge in [0, 0.05) is 10.3 Å². The number of carbonyl (C=O) groups is 1. The Bertz CT molecular complexity index is 280. The molecular formula is C7H9NO2S.